The van der Waals surface area contributed by atoms with E-state index in [-0.39, 0.29) is 35.2 Å². The van der Waals surface area contributed by atoms with Gasteiger partial charge in [0, 0.05) is 73.9 Å². The molecule has 4 aliphatic heterocycles. The molecule has 0 aromatic carbocycles. The second kappa shape index (κ2) is 18.2. The van der Waals surface area contributed by atoms with Gasteiger partial charge in [0.1, 0.15) is 11.2 Å². The van der Waals surface area contributed by atoms with Crippen LogP contribution in [-0.2, 0) is 22.3 Å². The van der Waals surface area contributed by atoms with E-state index in [0.717, 1.165) is 103 Å². The Labute approximate surface area is 352 Å². The summed E-state index contributed by atoms with van der Waals surface area (Å²) in [6.07, 6.45) is 5.20. The summed E-state index contributed by atoms with van der Waals surface area (Å²) in [6.45, 7) is 22.6. The van der Waals surface area contributed by atoms with E-state index in [1.807, 2.05) is 103 Å². The minimum Gasteiger partial charge on any atom is -0.444 e. The van der Waals surface area contributed by atoms with Crippen molar-refractivity contribution >= 4 is 29.7 Å². The van der Waals surface area contributed by atoms with Crippen molar-refractivity contribution in [2.24, 2.45) is 0 Å². The second-order valence-electron chi connectivity index (χ2n) is 18.1. The number of aromatic amines is 2. The van der Waals surface area contributed by atoms with Crippen molar-refractivity contribution in [1.29, 1.82) is 0 Å². The zero-order chi connectivity index (χ0) is 42.6. The standard InChI is InChI=1S/C21H30N6O2.C11H20N2O2.C10H11ClN4/c1-13-8-15(10-16-9-14(2)24-25-16)23-19(22-13)26-11-17-6-7-18(12-26)27(17)20(28)29-21(3,4)5;1-11(2,3)15-10(14)13-8-4-5-9(13)7-12-6-8;1-6-3-8(13-10(11)12-6)5-9-4-7(2)14-15-9/h8-9,17-18H,6-7,10-12H2,1-5H3,(H,24,25);8-9,12H,4-7H2,1-3H3;3-4H,5H2,1-2H3,(H,14,15). The zero-order valence-electron chi connectivity index (χ0n) is 36.2. The number of carbonyl (C=O) groups is 2. The van der Waals surface area contributed by atoms with Crippen LogP contribution in [0.25, 0.3) is 0 Å². The fourth-order valence-corrected chi connectivity index (χ4v) is 8.35. The number of fused-ring (bicyclic) bond motifs is 4. The van der Waals surface area contributed by atoms with E-state index in [0.29, 0.717) is 24.9 Å². The molecular weight excluding hydrogens is 772 g/mol. The molecule has 16 nitrogen and oxygen atoms in total. The van der Waals surface area contributed by atoms with E-state index in [4.69, 9.17) is 26.1 Å². The molecule has 320 valence electrons. The van der Waals surface area contributed by atoms with Gasteiger partial charge in [0.2, 0.25) is 11.2 Å². The van der Waals surface area contributed by atoms with Crippen LogP contribution in [0.2, 0.25) is 5.28 Å². The van der Waals surface area contributed by atoms with Gasteiger partial charge < -0.3 is 19.7 Å². The van der Waals surface area contributed by atoms with Gasteiger partial charge in [-0.3, -0.25) is 20.0 Å². The van der Waals surface area contributed by atoms with Crippen LogP contribution in [-0.4, -0.2) is 124 Å². The maximum atomic E-state index is 12.7. The minimum absolute atomic E-state index is 0.142. The molecule has 4 atom stereocenters. The summed E-state index contributed by atoms with van der Waals surface area (Å²) in [4.78, 5) is 48.4. The number of piperazine rings is 2. The lowest BCUT2D eigenvalue weighted by atomic mass is 10.2. The van der Waals surface area contributed by atoms with E-state index in [1.165, 1.54) is 0 Å². The molecule has 4 aromatic rings. The van der Waals surface area contributed by atoms with E-state index in [9.17, 15) is 9.59 Å². The molecule has 3 N–H and O–H groups in total. The molecule has 17 heteroatoms. The molecular formula is C42H61ClN12O4. The summed E-state index contributed by atoms with van der Waals surface area (Å²) < 4.78 is 11.1. The first-order valence-corrected chi connectivity index (χ1v) is 21.0. The van der Waals surface area contributed by atoms with Gasteiger partial charge in [-0.05, 0) is 131 Å². The average Bonchev–Trinajstić information content (AvgIpc) is 3.86. The lowest BCUT2D eigenvalue weighted by Crippen LogP contribution is -2.57. The van der Waals surface area contributed by atoms with Crippen molar-refractivity contribution in [3.8, 4) is 0 Å². The molecule has 4 saturated heterocycles. The van der Waals surface area contributed by atoms with Gasteiger partial charge in [0.05, 0.1) is 34.9 Å². The number of halogens is 1. The molecule has 4 aliphatic rings. The van der Waals surface area contributed by atoms with Crippen LogP contribution >= 0.6 is 11.6 Å². The topological polar surface area (TPSA) is 183 Å². The van der Waals surface area contributed by atoms with Crippen LogP contribution in [0.5, 0.6) is 0 Å². The SMILES string of the molecule is CC(C)(C)OC(=O)N1C2CCC1CNC2.Cc1cc(Cc2cc(C)[nH]n2)nc(Cl)n1.Cc1cc(Cc2cc(C)[nH]n2)nc(N2CC3CCC(C2)N3C(=O)OC(C)(C)C)n1. The number of hydrogen-bond donors (Lipinski definition) is 3. The number of rotatable bonds is 5. The van der Waals surface area contributed by atoms with E-state index < -0.39 is 5.60 Å². The van der Waals surface area contributed by atoms with Crippen molar-refractivity contribution < 1.29 is 19.1 Å². The Kier molecular flexibility index (Phi) is 13.5. The number of H-pyrrole nitrogens is 2. The Morgan fingerprint density at radius 2 is 1.08 bits per heavy atom. The summed E-state index contributed by atoms with van der Waals surface area (Å²) in [6, 6.07) is 8.93. The minimum atomic E-state index is -0.479. The van der Waals surface area contributed by atoms with Crippen LogP contribution in [0.1, 0.15) is 113 Å². The van der Waals surface area contributed by atoms with Crippen LogP contribution in [0, 0.1) is 27.7 Å². The molecule has 8 rings (SSSR count). The number of nitrogens with zero attached hydrogens (tertiary/aromatic N) is 9. The third kappa shape index (κ3) is 12.1. The monoisotopic (exact) mass is 832 g/mol. The molecule has 4 aromatic heterocycles. The Morgan fingerprint density at radius 1 is 0.644 bits per heavy atom. The molecule has 0 aliphatic carbocycles. The first-order chi connectivity index (χ1) is 27.8. The fraction of sp³-hybridized carbons (Fsp3) is 0.619. The molecule has 2 amide bonds. The Hall–Kier alpha value is -4.83. The summed E-state index contributed by atoms with van der Waals surface area (Å²) >= 11 is 5.77. The van der Waals surface area contributed by atoms with Crippen LogP contribution in [0.15, 0.2) is 24.3 Å². The molecule has 0 saturated carbocycles. The predicted molar refractivity (Wildman–Crippen MR) is 226 cm³/mol. The first-order valence-electron chi connectivity index (χ1n) is 20.6. The van der Waals surface area contributed by atoms with Gasteiger partial charge in [-0.15, -0.1) is 0 Å². The summed E-state index contributed by atoms with van der Waals surface area (Å²) in [7, 11) is 0. The van der Waals surface area contributed by atoms with E-state index >= 15 is 0 Å². The van der Waals surface area contributed by atoms with Gasteiger partial charge in [-0.1, -0.05) is 0 Å². The molecule has 4 unspecified atom stereocenters. The van der Waals surface area contributed by atoms with Crippen LogP contribution in [0.3, 0.4) is 0 Å². The fourth-order valence-electron chi connectivity index (χ4n) is 8.11. The summed E-state index contributed by atoms with van der Waals surface area (Å²) in [5.74, 6) is 0.744. The van der Waals surface area contributed by atoms with Gasteiger partial charge in [0.15, 0.2) is 0 Å². The van der Waals surface area contributed by atoms with Gasteiger partial charge in [-0.2, -0.15) is 10.2 Å². The maximum absolute atomic E-state index is 12.7. The normalized spacial score (nSPS) is 21.0. The van der Waals surface area contributed by atoms with Crippen molar-refractivity contribution in [3.63, 3.8) is 0 Å². The highest BCUT2D eigenvalue weighted by molar-refractivity contribution is 6.28. The predicted octanol–water partition coefficient (Wildman–Crippen LogP) is 6.41. The number of nitrogens with one attached hydrogen (secondary N) is 3. The van der Waals surface area contributed by atoms with Crippen molar-refractivity contribution in [2.75, 3.05) is 31.1 Å². The number of aromatic nitrogens is 8. The largest absolute Gasteiger partial charge is 0.444 e. The molecule has 59 heavy (non-hydrogen) atoms. The number of ether oxygens (including phenoxy) is 2. The smallest absolute Gasteiger partial charge is 0.410 e. The molecule has 4 bridgehead atoms. The third-order valence-electron chi connectivity index (χ3n) is 10.4. The van der Waals surface area contributed by atoms with Gasteiger partial charge >= 0.3 is 12.2 Å². The average molecular weight is 833 g/mol. The lowest BCUT2D eigenvalue weighted by molar-refractivity contribution is 0.00972. The number of carbonyl (C=O) groups excluding carboxylic acids is 2. The molecule has 8 heterocycles. The number of hydrogen-bond acceptors (Lipinski definition) is 12. The number of anilines is 1. The highest BCUT2D eigenvalue weighted by Crippen LogP contribution is 2.33. The Balaban J connectivity index is 0.000000164. The highest BCUT2D eigenvalue weighted by Gasteiger charge is 2.45. The van der Waals surface area contributed by atoms with E-state index in [1.54, 1.807) is 0 Å². The van der Waals surface area contributed by atoms with E-state index in [2.05, 4.69) is 45.6 Å². The molecule has 0 spiro atoms. The quantitative estimate of drug-likeness (QED) is 0.188. The number of aryl methyl sites for hydroxylation is 4. The second-order valence-corrected chi connectivity index (χ2v) is 18.5. The summed E-state index contributed by atoms with van der Waals surface area (Å²) in [5.41, 5.74) is 6.82. The Bertz CT molecular complexity index is 2020. The third-order valence-corrected chi connectivity index (χ3v) is 10.5. The van der Waals surface area contributed by atoms with Crippen molar-refractivity contribution in [1.82, 2.24) is 55.4 Å². The zero-order valence-corrected chi connectivity index (χ0v) is 37.0. The van der Waals surface area contributed by atoms with Crippen LogP contribution in [0.4, 0.5) is 15.5 Å². The van der Waals surface area contributed by atoms with Gasteiger partial charge in [-0.25, -0.2) is 29.5 Å². The lowest BCUT2D eigenvalue weighted by Gasteiger charge is -2.41. The maximum Gasteiger partial charge on any atom is 0.410 e. The Morgan fingerprint density at radius 3 is 1.53 bits per heavy atom. The first kappa shape index (κ1) is 43.7. The molecule has 4 fully saturated rings. The van der Waals surface area contributed by atoms with Crippen LogP contribution < -0.4 is 10.2 Å². The van der Waals surface area contributed by atoms with Crippen molar-refractivity contribution in [2.45, 2.75) is 143 Å². The molecule has 0 radical (unpaired) electrons. The number of amides is 2. The highest BCUT2D eigenvalue weighted by atomic mass is 35.5. The van der Waals surface area contributed by atoms with Crippen molar-refractivity contribution in [3.05, 3.63) is 75.1 Å². The van der Waals surface area contributed by atoms with Gasteiger partial charge in [0.25, 0.3) is 0 Å². The summed E-state index contributed by atoms with van der Waals surface area (Å²) in [5, 5.41) is 18.0.